The van der Waals surface area contributed by atoms with Gasteiger partial charge in [0, 0.05) is 18.3 Å². The van der Waals surface area contributed by atoms with E-state index in [1.54, 1.807) is 27.7 Å². The molecule has 2 N–H and O–H groups in total. The van der Waals surface area contributed by atoms with E-state index >= 15 is 0 Å². The number of amides is 3. The Morgan fingerprint density at radius 2 is 1.61 bits per heavy atom. The summed E-state index contributed by atoms with van der Waals surface area (Å²) in [5, 5.41) is 5.50. The number of alkyl carbamates (subject to hydrolysis) is 1. The summed E-state index contributed by atoms with van der Waals surface area (Å²) in [7, 11) is 0. The second-order valence-corrected chi connectivity index (χ2v) is 9.36. The van der Waals surface area contributed by atoms with Gasteiger partial charge in [0.1, 0.15) is 17.7 Å². The third-order valence-electron chi connectivity index (χ3n) is 4.35. The van der Waals surface area contributed by atoms with Crippen LogP contribution in [0.3, 0.4) is 0 Å². The third-order valence-corrected chi connectivity index (χ3v) is 4.71. The Hall–Kier alpha value is -2.22. The van der Waals surface area contributed by atoms with E-state index in [1.807, 2.05) is 45.9 Å². The summed E-state index contributed by atoms with van der Waals surface area (Å²) in [5.74, 6) is -0.600. The minimum absolute atomic E-state index is 0.0694. The van der Waals surface area contributed by atoms with Gasteiger partial charge in [0.05, 0.1) is 0 Å². The third kappa shape index (κ3) is 8.44. The number of likely N-dealkylation sites (N-methyl/N-ethyl adjacent to an activating group) is 1. The number of ether oxygens (including phenoxy) is 1. The van der Waals surface area contributed by atoms with E-state index < -0.39 is 29.7 Å². The summed E-state index contributed by atoms with van der Waals surface area (Å²) < 4.78 is 5.28. The van der Waals surface area contributed by atoms with Crippen LogP contribution < -0.4 is 10.6 Å². The molecule has 0 radical (unpaired) electrons. The molecule has 0 saturated heterocycles. The number of hydrogen-bond donors (Lipinski definition) is 3. The molecular weight excluding hydrogens is 414 g/mol. The fourth-order valence-corrected chi connectivity index (χ4v) is 3.55. The Kier molecular flexibility index (Phi) is 9.87. The topological polar surface area (TPSA) is 87.7 Å². The quantitative estimate of drug-likeness (QED) is 0.528. The molecule has 0 aliphatic carbocycles. The smallest absolute Gasteiger partial charge is 0.408 e. The van der Waals surface area contributed by atoms with Crippen LogP contribution in [0.25, 0.3) is 0 Å². The van der Waals surface area contributed by atoms with Gasteiger partial charge in [-0.15, -0.1) is 0 Å². The van der Waals surface area contributed by atoms with Gasteiger partial charge in [-0.25, -0.2) is 4.79 Å². The normalized spacial score (nSPS) is 13.4. The van der Waals surface area contributed by atoms with Crippen molar-refractivity contribution in [2.45, 2.75) is 79.1 Å². The predicted octanol–water partition coefficient (Wildman–Crippen LogP) is 3.54. The van der Waals surface area contributed by atoms with E-state index in [4.69, 9.17) is 4.74 Å². The highest BCUT2D eigenvalue weighted by atomic mass is 32.1. The molecule has 1 rings (SSSR count). The summed E-state index contributed by atoms with van der Waals surface area (Å²) in [4.78, 5) is 40.3. The molecule has 1 aromatic carbocycles. The summed E-state index contributed by atoms with van der Waals surface area (Å²) >= 11 is 4.25. The van der Waals surface area contributed by atoms with Crippen molar-refractivity contribution in [1.29, 1.82) is 0 Å². The molecule has 0 spiro atoms. The number of aryl methyl sites for hydroxylation is 2. The predicted molar refractivity (Wildman–Crippen MR) is 126 cm³/mol. The van der Waals surface area contributed by atoms with Crippen LogP contribution in [0, 0.1) is 13.8 Å². The van der Waals surface area contributed by atoms with Crippen molar-refractivity contribution < 1.29 is 19.1 Å². The van der Waals surface area contributed by atoms with E-state index in [-0.39, 0.29) is 24.2 Å². The van der Waals surface area contributed by atoms with Crippen molar-refractivity contribution in [3.63, 3.8) is 0 Å². The van der Waals surface area contributed by atoms with Crippen molar-refractivity contribution in [2.75, 3.05) is 12.3 Å². The SMILES string of the molecule is CCN(C(=O)C(CS)NC(=O)OC(C)(C)C)C(C(=O)NC(C)C)c1cc(C)cc(C)c1. The van der Waals surface area contributed by atoms with Gasteiger partial charge in [-0.3, -0.25) is 9.59 Å². The largest absolute Gasteiger partial charge is 0.444 e. The average Bonchev–Trinajstić information content (AvgIpc) is 2.60. The van der Waals surface area contributed by atoms with Gasteiger partial charge >= 0.3 is 6.09 Å². The first-order chi connectivity index (χ1) is 14.3. The minimum Gasteiger partial charge on any atom is -0.444 e. The van der Waals surface area contributed by atoms with Crippen LogP contribution in [0.1, 0.15) is 64.3 Å². The molecule has 0 saturated carbocycles. The van der Waals surface area contributed by atoms with Crippen LogP contribution in [0.2, 0.25) is 0 Å². The molecule has 0 aliphatic heterocycles. The van der Waals surface area contributed by atoms with E-state index in [1.165, 1.54) is 4.90 Å². The lowest BCUT2D eigenvalue weighted by atomic mass is 9.98. The highest BCUT2D eigenvalue weighted by molar-refractivity contribution is 7.80. The highest BCUT2D eigenvalue weighted by Crippen LogP contribution is 2.25. The lowest BCUT2D eigenvalue weighted by Gasteiger charge is -2.34. The van der Waals surface area contributed by atoms with Crippen LogP contribution in [-0.2, 0) is 14.3 Å². The molecule has 7 nitrogen and oxygen atoms in total. The number of carbonyl (C=O) groups is 3. The molecule has 174 valence electrons. The summed E-state index contributed by atoms with van der Waals surface area (Å²) in [6.07, 6.45) is -0.703. The van der Waals surface area contributed by atoms with Gasteiger partial charge in [0.15, 0.2) is 0 Å². The van der Waals surface area contributed by atoms with Gasteiger partial charge in [0.2, 0.25) is 11.8 Å². The number of hydrogen-bond acceptors (Lipinski definition) is 5. The van der Waals surface area contributed by atoms with Crippen LogP contribution in [-0.4, -0.2) is 52.8 Å². The molecule has 3 amide bonds. The van der Waals surface area contributed by atoms with E-state index in [2.05, 4.69) is 23.3 Å². The van der Waals surface area contributed by atoms with Crippen LogP contribution in [0.15, 0.2) is 18.2 Å². The Morgan fingerprint density at radius 3 is 2.03 bits per heavy atom. The van der Waals surface area contributed by atoms with Gasteiger partial charge in [-0.1, -0.05) is 29.3 Å². The average molecular weight is 452 g/mol. The van der Waals surface area contributed by atoms with Crippen LogP contribution in [0.5, 0.6) is 0 Å². The van der Waals surface area contributed by atoms with Gasteiger partial charge < -0.3 is 20.3 Å². The maximum Gasteiger partial charge on any atom is 0.408 e. The Balaban J connectivity index is 3.30. The van der Waals surface area contributed by atoms with Gasteiger partial charge in [-0.05, 0) is 61.0 Å². The Morgan fingerprint density at radius 1 is 1.06 bits per heavy atom. The molecule has 0 heterocycles. The lowest BCUT2D eigenvalue weighted by Crippen LogP contribution is -2.54. The maximum absolute atomic E-state index is 13.4. The molecule has 0 aliphatic rings. The van der Waals surface area contributed by atoms with Gasteiger partial charge in [-0.2, -0.15) is 12.6 Å². The molecule has 31 heavy (non-hydrogen) atoms. The molecule has 1 aromatic rings. The van der Waals surface area contributed by atoms with Crippen molar-refractivity contribution in [2.24, 2.45) is 0 Å². The fourth-order valence-electron chi connectivity index (χ4n) is 3.31. The summed E-state index contributed by atoms with van der Waals surface area (Å²) in [6, 6.07) is 3.98. The number of nitrogens with zero attached hydrogens (tertiary/aromatic N) is 1. The monoisotopic (exact) mass is 451 g/mol. The first-order valence-electron chi connectivity index (χ1n) is 10.6. The number of carbonyl (C=O) groups excluding carboxylic acids is 3. The van der Waals surface area contributed by atoms with E-state index in [0.717, 1.165) is 16.7 Å². The second kappa shape index (κ2) is 11.4. The van der Waals surface area contributed by atoms with Gasteiger partial charge in [0.25, 0.3) is 0 Å². The molecule has 2 atom stereocenters. The molecule has 0 fully saturated rings. The number of benzene rings is 1. The van der Waals surface area contributed by atoms with E-state index in [0.29, 0.717) is 0 Å². The Bertz CT molecular complexity index is 769. The number of nitrogens with one attached hydrogen (secondary N) is 2. The zero-order valence-electron chi connectivity index (χ0n) is 19.9. The van der Waals surface area contributed by atoms with E-state index in [9.17, 15) is 14.4 Å². The molecule has 8 heteroatoms. The molecule has 0 bridgehead atoms. The number of thiol groups is 1. The fraction of sp³-hybridized carbons (Fsp3) is 0.609. The Labute approximate surface area is 191 Å². The molecular formula is C23H37N3O4S. The standard InChI is InChI=1S/C23H37N3O4S/c1-9-26(21(28)18(13-31)25-22(29)30-23(6,7)8)19(20(27)24-14(2)3)17-11-15(4)10-16(5)12-17/h10-12,14,18-19,31H,9,13H2,1-8H3,(H,24,27)(H,25,29). The summed E-state index contributed by atoms with van der Waals surface area (Å²) in [5.41, 5.74) is 2.02. The van der Waals surface area contributed by atoms with Crippen LogP contribution >= 0.6 is 12.6 Å². The van der Waals surface area contributed by atoms with Crippen LogP contribution in [0.4, 0.5) is 4.79 Å². The van der Waals surface area contributed by atoms with Crippen molar-refractivity contribution in [3.05, 3.63) is 34.9 Å². The molecule has 2 unspecified atom stereocenters. The first-order valence-corrected chi connectivity index (χ1v) is 11.2. The second-order valence-electron chi connectivity index (χ2n) is 8.99. The minimum atomic E-state index is -0.932. The zero-order valence-corrected chi connectivity index (χ0v) is 20.8. The van der Waals surface area contributed by atoms with Crippen molar-refractivity contribution in [3.8, 4) is 0 Å². The maximum atomic E-state index is 13.4. The first kappa shape index (κ1) is 26.8. The van der Waals surface area contributed by atoms with Crippen molar-refractivity contribution in [1.82, 2.24) is 15.5 Å². The number of rotatable bonds is 8. The molecule has 0 aromatic heterocycles. The lowest BCUT2D eigenvalue weighted by molar-refractivity contribution is -0.142. The highest BCUT2D eigenvalue weighted by Gasteiger charge is 2.35. The van der Waals surface area contributed by atoms with Crippen molar-refractivity contribution >= 4 is 30.5 Å². The summed E-state index contributed by atoms with van der Waals surface area (Å²) in [6.45, 7) is 15.0. The zero-order chi connectivity index (χ0) is 23.9.